The average molecular weight is 333 g/mol. The second-order valence-corrected chi connectivity index (χ2v) is 7.23. The van der Waals surface area contributed by atoms with Gasteiger partial charge in [0.1, 0.15) is 5.82 Å². The van der Waals surface area contributed by atoms with Crippen LogP contribution < -0.4 is 0 Å². The van der Waals surface area contributed by atoms with Crippen molar-refractivity contribution in [3.63, 3.8) is 0 Å². The number of carboxylic acid groups (broad SMARTS) is 1. The van der Waals surface area contributed by atoms with E-state index >= 15 is 0 Å². The van der Waals surface area contributed by atoms with Gasteiger partial charge in [0.05, 0.1) is 5.41 Å². The summed E-state index contributed by atoms with van der Waals surface area (Å²) in [4.78, 5) is 26.5. The molecule has 1 saturated heterocycles. The number of rotatable bonds is 4. The highest BCUT2D eigenvalue weighted by atomic mass is 19.1. The lowest BCUT2D eigenvalue weighted by molar-refractivity contribution is -0.155. The number of nitrogens with zero attached hydrogens (tertiary/aromatic N) is 1. The monoisotopic (exact) mass is 333 g/mol. The number of likely N-dealkylation sites (tertiary alicyclic amines) is 1. The molecule has 1 aliphatic heterocycles. The lowest BCUT2D eigenvalue weighted by Crippen LogP contribution is -2.52. The van der Waals surface area contributed by atoms with Crippen molar-refractivity contribution in [3.8, 4) is 0 Å². The predicted molar refractivity (Wildman–Crippen MR) is 87.9 cm³/mol. The normalized spacial score (nSPS) is 25.0. The summed E-state index contributed by atoms with van der Waals surface area (Å²) in [5, 5.41) is 9.86. The number of aliphatic carboxylic acids is 1. The number of carbonyl (C=O) groups excluding carboxylic acids is 1. The standard InChI is InChI=1S/C19H24FNO3/c20-16-8-6-14(7-9-16)12-19(18(23)24)10-3-11-21(13-19)17(22)15-4-1-2-5-15/h6-9,15H,1-5,10-13H2,(H,23,24). The Morgan fingerprint density at radius 2 is 1.83 bits per heavy atom. The number of amides is 1. The number of hydrogen-bond donors (Lipinski definition) is 1. The first-order valence-electron chi connectivity index (χ1n) is 8.77. The van der Waals surface area contributed by atoms with Gasteiger partial charge in [-0.15, -0.1) is 0 Å². The largest absolute Gasteiger partial charge is 0.481 e. The minimum absolute atomic E-state index is 0.0698. The van der Waals surface area contributed by atoms with E-state index < -0.39 is 11.4 Å². The molecule has 4 nitrogen and oxygen atoms in total. The fourth-order valence-electron chi connectivity index (χ4n) is 4.14. The molecule has 1 aliphatic carbocycles. The molecular weight excluding hydrogens is 309 g/mol. The highest BCUT2D eigenvalue weighted by Gasteiger charge is 2.44. The average Bonchev–Trinajstić information content (AvgIpc) is 3.11. The molecule has 1 unspecified atom stereocenters. The number of hydrogen-bond acceptors (Lipinski definition) is 2. The molecule has 2 aliphatic rings. The van der Waals surface area contributed by atoms with E-state index in [1.807, 2.05) is 0 Å². The Kier molecular flexibility index (Phi) is 4.88. The van der Waals surface area contributed by atoms with E-state index in [9.17, 15) is 19.1 Å². The van der Waals surface area contributed by atoms with E-state index in [0.29, 0.717) is 25.8 Å². The highest BCUT2D eigenvalue weighted by molar-refractivity contribution is 5.81. The van der Waals surface area contributed by atoms with Crippen molar-refractivity contribution in [1.29, 1.82) is 0 Å². The Morgan fingerprint density at radius 3 is 2.46 bits per heavy atom. The summed E-state index contributed by atoms with van der Waals surface area (Å²) < 4.78 is 13.1. The van der Waals surface area contributed by atoms with Crippen LogP contribution in [0.4, 0.5) is 4.39 Å². The van der Waals surface area contributed by atoms with Crippen LogP contribution in [-0.2, 0) is 16.0 Å². The Bertz CT molecular complexity index is 610. The molecule has 0 bridgehead atoms. The molecule has 1 heterocycles. The summed E-state index contributed by atoms with van der Waals surface area (Å²) in [6.45, 7) is 0.906. The van der Waals surface area contributed by atoms with Crippen LogP contribution in [-0.4, -0.2) is 35.0 Å². The van der Waals surface area contributed by atoms with Crippen molar-refractivity contribution in [3.05, 3.63) is 35.6 Å². The van der Waals surface area contributed by atoms with Gasteiger partial charge in [0, 0.05) is 19.0 Å². The van der Waals surface area contributed by atoms with E-state index in [4.69, 9.17) is 0 Å². The molecule has 1 N–H and O–H groups in total. The third-order valence-corrected chi connectivity index (χ3v) is 5.50. The smallest absolute Gasteiger partial charge is 0.311 e. The van der Waals surface area contributed by atoms with Crippen molar-refractivity contribution in [2.45, 2.75) is 44.9 Å². The SMILES string of the molecule is O=C(C1CCCC1)N1CCCC(Cc2ccc(F)cc2)(C(=O)O)C1. The minimum atomic E-state index is -0.968. The molecule has 1 atom stereocenters. The Morgan fingerprint density at radius 1 is 1.17 bits per heavy atom. The Labute approximate surface area is 141 Å². The topological polar surface area (TPSA) is 57.6 Å². The van der Waals surface area contributed by atoms with Crippen molar-refractivity contribution in [2.24, 2.45) is 11.3 Å². The Hall–Kier alpha value is -1.91. The van der Waals surface area contributed by atoms with Crippen LogP contribution in [0.15, 0.2) is 24.3 Å². The molecular formula is C19H24FNO3. The summed E-state index contributed by atoms with van der Waals surface area (Å²) >= 11 is 0. The van der Waals surface area contributed by atoms with E-state index in [-0.39, 0.29) is 24.2 Å². The molecule has 5 heteroatoms. The predicted octanol–water partition coefficient (Wildman–Crippen LogP) is 3.25. The maximum atomic E-state index is 13.1. The quantitative estimate of drug-likeness (QED) is 0.920. The highest BCUT2D eigenvalue weighted by Crippen LogP contribution is 2.36. The molecule has 1 amide bonds. The van der Waals surface area contributed by atoms with Crippen LogP contribution in [0.3, 0.4) is 0 Å². The van der Waals surface area contributed by atoms with Gasteiger partial charge in [-0.25, -0.2) is 4.39 Å². The van der Waals surface area contributed by atoms with Gasteiger partial charge in [-0.05, 0) is 49.8 Å². The maximum absolute atomic E-state index is 13.1. The number of carbonyl (C=O) groups is 2. The van der Waals surface area contributed by atoms with Gasteiger partial charge in [-0.2, -0.15) is 0 Å². The minimum Gasteiger partial charge on any atom is -0.481 e. The number of benzene rings is 1. The molecule has 2 fully saturated rings. The first-order chi connectivity index (χ1) is 11.5. The van der Waals surface area contributed by atoms with Gasteiger partial charge in [0.25, 0.3) is 0 Å². The fraction of sp³-hybridized carbons (Fsp3) is 0.579. The molecule has 130 valence electrons. The fourth-order valence-corrected chi connectivity index (χ4v) is 4.14. The summed E-state index contributed by atoms with van der Waals surface area (Å²) in [5.74, 6) is -1.00. The third-order valence-electron chi connectivity index (χ3n) is 5.50. The van der Waals surface area contributed by atoms with Crippen LogP contribution in [0.1, 0.15) is 44.1 Å². The summed E-state index contributed by atoms with van der Waals surface area (Å²) in [7, 11) is 0. The first-order valence-corrected chi connectivity index (χ1v) is 8.77. The number of piperidine rings is 1. The molecule has 3 rings (SSSR count). The van der Waals surface area contributed by atoms with Gasteiger partial charge in [0.15, 0.2) is 0 Å². The van der Waals surface area contributed by atoms with E-state index in [1.165, 1.54) is 12.1 Å². The lowest BCUT2D eigenvalue weighted by Gasteiger charge is -2.41. The summed E-state index contributed by atoms with van der Waals surface area (Å²) in [6.07, 6.45) is 5.60. The maximum Gasteiger partial charge on any atom is 0.311 e. The van der Waals surface area contributed by atoms with Gasteiger partial charge in [0.2, 0.25) is 5.91 Å². The van der Waals surface area contributed by atoms with Crippen molar-refractivity contribution < 1.29 is 19.1 Å². The molecule has 0 radical (unpaired) electrons. The lowest BCUT2D eigenvalue weighted by atomic mass is 9.75. The zero-order valence-corrected chi connectivity index (χ0v) is 13.8. The zero-order valence-electron chi connectivity index (χ0n) is 13.8. The van der Waals surface area contributed by atoms with E-state index in [2.05, 4.69) is 0 Å². The van der Waals surface area contributed by atoms with Crippen molar-refractivity contribution >= 4 is 11.9 Å². The van der Waals surface area contributed by atoms with Crippen LogP contribution in [0.5, 0.6) is 0 Å². The Balaban J connectivity index is 1.77. The van der Waals surface area contributed by atoms with Crippen LogP contribution >= 0.6 is 0 Å². The summed E-state index contributed by atoms with van der Waals surface area (Å²) in [6, 6.07) is 5.99. The van der Waals surface area contributed by atoms with Gasteiger partial charge in [-0.1, -0.05) is 25.0 Å². The zero-order chi connectivity index (χ0) is 17.2. The van der Waals surface area contributed by atoms with Crippen LogP contribution in [0, 0.1) is 17.2 Å². The van der Waals surface area contributed by atoms with Gasteiger partial charge in [-0.3, -0.25) is 9.59 Å². The first kappa shape index (κ1) is 16.9. The second kappa shape index (κ2) is 6.91. The molecule has 1 aromatic carbocycles. The molecule has 0 aromatic heterocycles. The molecule has 1 aromatic rings. The molecule has 0 spiro atoms. The van der Waals surface area contributed by atoms with Crippen molar-refractivity contribution in [1.82, 2.24) is 4.90 Å². The third kappa shape index (κ3) is 3.45. The van der Waals surface area contributed by atoms with E-state index in [0.717, 1.165) is 31.2 Å². The second-order valence-electron chi connectivity index (χ2n) is 7.23. The van der Waals surface area contributed by atoms with Gasteiger partial charge >= 0.3 is 5.97 Å². The molecule has 24 heavy (non-hydrogen) atoms. The summed E-state index contributed by atoms with van der Waals surface area (Å²) in [5.41, 5.74) is -0.168. The van der Waals surface area contributed by atoms with Crippen molar-refractivity contribution in [2.75, 3.05) is 13.1 Å². The van der Waals surface area contributed by atoms with Crippen LogP contribution in [0.2, 0.25) is 0 Å². The van der Waals surface area contributed by atoms with Crippen LogP contribution in [0.25, 0.3) is 0 Å². The molecule has 1 saturated carbocycles. The number of halogens is 1. The van der Waals surface area contributed by atoms with Gasteiger partial charge < -0.3 is 10.0 Å². The van der Waals surface area contributed by atoms with E-state index in [1.54, 1.807) is 17.0 Å². The number of carboxylic acids is 1.